The van der Waals surface area contributed by atoms with Crippen LogP contribution in [0.2, 0.25) is 0 Å². The van der Waals surface area contributed by atoms with Gasteiger partial charge in [-0.25, -0.2) is 0 Å². The van der Waals surface area contributed by atoms with Crippen molar-refractivity contribution >= 4 is 35.6 Å². The lowest BCUT2D eigenvalue weighted by atomic mass is 10.1. The number of hydrogen-bond donors (Lipinski definition) is 1. The molecule has 1 N–H and O–H groups in total. The molecule has 0 unspecified atom stereocenters. The summed E-state index contributed by atoms with van der Waals surface area (Å²) in [6.07, 6.45) is 0.904. The van der Waals surface area contributed by atoms with E-state index in [0.717, 1.165) is 13.0 Å². The van der Waals surface area contributed by atoms with E-state index in [9.17, 15) is 9.59 Å². The van der Waals surface area contributed by atoms with Gasteiger partial charge in [-0.15, -0.1) is 23.7 Å². The standard InChI is InChI=1S/C12H16N2O3S.ClH/c1-13(8-12(16)17)7-11(15)14-4-2-10-9(6-14)3-5-18-10;/h3,5H,2,4,6-8H2,1H3,(H,16,17);1H. The maximum Gasteiger partial charge on any atom is 0.317 e. The first-order valence-electron chi connectivity index (χ1n) is 5.79. The Morgan fingerprint density at radius 3 is 2.89 bits per heavy atom. The van der Waals surface area contributed by atoms with Gasteiger partial charge < -0.3 is 10.0 Å². The fourth-order valence-corrected chi connectivity index (χ4v) is 2.97. The summed E-state index contributed by atoms with van der Waals surface area (Å²) in [5.74, 6) is -0.917. The van der Waals surface area contributed by atoms with Crippen molar-refractivity contribution in [3.63, 3.8) is 0 Å². The third-order valence-electron chi connectivity index (χ3n) is 2.97. The van der Waals surface area contributed by atoms with E-state index in [-0.39, 0.29) is 31.4 Å². The van der Waals surface area contributed by atoms with Crippen molar-refractivity contribution < 1.29 is 14.7 Å². The number of nitrogens with zero attached hydrogens (tertiary/aromatic N) is 2. The molecule has 0 aromatic carbocycles. The van der Waals surface area contributed by atoms with Gasteiger partial charge in [0.2, 0.25) is 5.91 Å². The highest BCUT2D eigenvalue weighted by atomic mass is 35.5. The molecule has 1 aliphatic heterocycles. The Labute approximate surface area is 122 Å². The highest BCUT2D eigenvalue weighted by Crippen LogP contribution is 2.23. The van der Waals surface area contributed by atoms with Crippen LogP contribution in [-0.2, 0) is 22.6 Å². The normalized spacial score (nSPS) is 13.9. The van der Waals surface area contributed by atoms with E-state index >= 15 is 0 Å². The van der Waals surface area contributed by atoms with E-state index in [4.69, 9.17) is 5.11 Å². The fraction of sp³-hybridized carbons (Fsp3) is 0.500. The molecule has 0 atom stereocenters. The first-order valence-corrected chi connectivity index (χ1v) is 6.67. The molecular weight excluding hydrogens is 288 g/mol. The second-order valence-electron chi connectivity index (χ2n) is 4.50. The van der Waals surface area contributed by atoms with Crippen molar-refractivity contribution in [1.29, 1.82) is 0 Å². The van der Waals surface area contributed by atoms with Crippen LogP contribution in [0.5, 0.6) is 0 Å². The van der Waals surface area contributed by atoms with Gasteiger partial charge in [-0.1, -0.05) is 0 Å². The molecule has 2 rings (SSSR count). The summed E-state index contributed by atoms with van der Waals surface area (Å²) in [5.41, 5.74) is 1.22. The average molecular weight is 305 g/mol. The molecule has 0 aliphatic carbocycles. The van der Waals surface area contributed by atoms with E-state index < -0.39 is 5.97 Å². The molecule has 1 aliphatic rings. The minimum absolute atomic E-state index is 0. The number of halogens is 1. The van der Waals surface area contributed by atoms with Gasteiger partial charge in [-0.3, -0.25) is 14.5 Å². The predicted molar refractivity (Wildman–Crippen MR) is 75.8 cm³/mol. The fourth-order valence-electron chi connectivity index (χ4n) is 2.08. The minimum Gasteiger partial charge on any atom is -0.480 e. The Morgan fingerprint density at radius 1 is 1.47 bits per heavy atom. The molecule has 0 saturated heterocycles. The summed E-state index contributed by atoms with van der Waals surface area (Å²) >= 11 is 1.74. The van der Waals surface area contributed by atoms with Crippen molar-refractivity contribution in [3.05, 3.63) is 21.9 Å². The summed E-state index contributed by atoms with van der Waals surface area (Å²) in [4.78, 5) is 27.2. The van der Waals surface area contributed by atoms with E-state index in [1.807, 2.05) is 0 Å². The van der Waals surface area contributed by atoms with Gasteiger partial charge in [0.25, 0.3) is 0 Å². The van der Waals surface area contributed by atoms with Gasteiger partial charge in [0.1, 0.15) is 0 Å². The Kier molecular flexibility index (Phi) is 5.78. The number of likely N-dealkylation sites (N-methyl/N-ethyl adjacent to an activating group) is 1. The van der Waals surface area contributed by atoms with Crippen LogP contribution >= 0.6 is 23.7 Å². The predicted octanol–water partition coefficient (Wildman–Crippen LogP) is 1.07. The third-order valence-corrected chi connectivity index (χ3v) is 3.99. The first-order chi connectivity index (χ1) is 8.56. The molecule has 19 heavy (non-hydrogen) atoms. The lowest BCUT2D eigenvalue weighted by Crippen LogP contribution is -2.42. The van der Waals surface area contributed by atoms with Crippen LogP contribution in [0.4, 0.5) is 0 Å². The summed E-state index contributed by atoms with van der Waals surface area (Å²) in [6, 6.07) is 2.06. The highest BCUT2D eigenvalue weighted by molar-refractivity contribution is 7.10. The van der Waals surface area contributed by atoms with E-state index in [1.165, 1.54) is 15.3 Å². The second kappa shape index (κ2) is 6.88. The van der Waals surface area contributed by atoms with E-state index in [2.05, 4.69) is 11.4 Å². The van der Waals surface area contributed by atoms with Crippen LogP contribution in [0.25, 0.3) is 0 Å². The zero-order chi connectivity index (χ0) is 13.1. The molecule has 0 radical (unpaired) electrons. The Morgan fingerprint density at radius 2 is 2.21 bits per heavy atom. The number of fused-ring (bicyclic) bond motifs is 1. The number of aliphatic carboxylic acids is 1. The summed E-state index contributed by atoms with van der Waals surface area (Å²) in [5, 5.41) is 10.7. The van der Waals surface area contributed by atoms with Gasteiger partial charge in [-0.2, -0.15) is 0 Å². The molecule has 0 saturated carbocycles. The highest BCUT2D eigenvalue weighted by Gasteiger charge is 2.22. The maximum atomic E-state index is 12.0. The Hall–Kier alpha value is -1.11. The van der Waals surface area contributed by atoms with Crippen molar-refractivity contribution in [2.75, 3.05) is 26.7 Å². The SMILES string of the molecule is CN(CC(=O)O)CC(=O)N1CCc2sccc2C1.Cl. The topological polar surface area (TPSA) is 60.9 Å². The number of carboxylic acid groups (broad SMARTS) is 1. The molecule has 1 aromatic heterocycles. The zero-order valence-electron chi connectivity index (χ0n) is 10.7. The molecular formula is C12H17ClN2O3S. The van der Waals surface area contributed by atoms with E-state index in [0.29, 0.717) is 6.54 Å². The van der Waals surface area contributed by atoms with Gasteiger partial charge >= 0.3 is 5.97 Å². The molecule has 7 heteroatoms. The van der Waals surface area contributed by atoms with Crippen LogP contribution in [0.1, 0.15) is 10.4 Å². The number of amides is 1. The molecule has 0 fully saturated rings. The lowest BCUT2D eigenvalue weighted by Gasteiger charge is -2.28. The third kappa shape index (κ3) is 4.19. The monoisotopic (exact) mass is 304 g/mol. The van der Waals surface area contributed by atoms with Gasteiger partial charge in [0.15, 0.2) is 0 Å². The molecule has 0 spiro atoms. The van der Waals surface area contributed by atoms with Gasteiger partial charge in [0.05, 0.1) is 13.1 Å². The maximum absolute atomic E-state index is 12.0. The molecule has 2 heterocycles. The lowest BCUT2D eigenvalue weighted by molar-refractivity contribution is -0.139. The molecule has 106 valence electrons. The second-order valence-corrected chi connectivity index (χ2v) is 5.50. The van der Waals surface area contributed by atoms with Crippen molar-refractivity contribution in [2.45, 2.75) is 13.0 Å². The summed E-state index contributed by atoms with van der Waals surface area (Å²) < 4.78 is 0. The average Bonchev–Trinajstić information content (AvgIpc) is 2.74. The number of carbonyl (C=O) groups is 2. The number of carbonyl (C=O) groups excluding carboxylic acids is 1. The Balaban J connectivity index is 0.00000180. The molecule has 1 amide bonds. The van der Waals surface area contributed by atoms with Crippen LogP contribution in [-0.4, -0.2) is 53.5 Å². The van der Waals surface area contributed by atoms with E-state index in [1.54, 1.807) is 23.3 Å². The number of carboxylic acids is 1. The largest absolute Gasteiger partial charge is 0.480 e. The molecule has 0 bridgehead atoms. The van der Waals surface area contributed by atoms with Crippen molar-refractivity contribution in [1.82, 2.24) is 9.80 Å². The first kappa shape index (κ1) is 15.9. The number of thiophene rings is 1. The minimum atomic E-state index is -0.913. The summed E-state index contributed by atoms with van der Waals surface area (Å²) in [6.45, 7) is 1.43. The van der Waals surface area contributed by atoms with Crippen molar-refractivity contribution in [2.24, 2.45) is 0 Å². The smallest absolute Gasteiger partial charge is 0.317 e. The zero-order valence-corrected chi connectivity index (χ0v) is 12.3. The quantitative estimate of drug-likeness (QED) is 0.904. The summed E-state index contributed by atoms with van der Waals surface area (Å²) in [7, 11) is 1.64. The van der Waals surface area contributed by atoms with Crippen LogP contribution in [0.3, 0.4) is 0 Å². The molecule has 1 aromatic rings. The number of rotatable bonds is 4. The van der Waals surface area contributed by atoms with Crippen LogP contribution < -0.4 is 0 Å². The Bertz CT molecular complexity index is 464. The molecule has 5 nitrogen and oxygen atoms in total. The van der Waals surface area contributed by atoms with Gasteiger partial charge in [0, 0.05) is 18.0 Å². The number of hydrogen-bond acceptors (Lipinski definition) is 4. The van der Waals surface area contributed by atoms with Crippen molar-refractivity contribution in [3.8, 4) is 0 Å². The van der Waals surface area contributed by atoms with Gasteiger partial charge in [-0.05, 0) is 30.5 Å². The van der Waals surface area contributed by atoms with Crippen LogP contribution in [0, 0.1) is 0 Å². The van der Waals surface area contributed by atoms with Crippen LogP contribution in [0.15, 0.2) is 11.4 Å².